The minimum absolute atomic E-state index is 0.00138. The summed E-state index contributed by atoms with van der Waals surface area (Å²) in [6.07, 6.45) is -0.104. The molecule has 1 aliphatic heterocycles. The van der Waals surface area contributed by atoms with Crippen molar-refractivity contribution in [2.45, 2.75) is 6.42 Å². The summed E-state index contributed by atoms with van der Waals surface area (Å²) >= 11 is 0. The molecule has 0 aliphatic carbocycles. The van der Waals surface area contributed by atoms with E-state index in [1.165, 1.54) is 17.0 Å². The molecule has 1 saturated heterocycles. The summed E-state index contributed by atoms with van der Waals surface area (Å²) in [6.45, 7) is 0.832. The lowest BCUT2D eigenvalue weighted by Gasteiger charge is -2.26. The molecule has 1 fully saturated rings. The van der Waals surface area contributed by atoms with Crippen molar-refractivity contribution < 1.29 is 24.3 Å². The monoisotopic (exact) mass is 381 g/mol. The fraction of sp³-hybridized carbons (Fsp3) is 0.200. The topological polar surface area (TPSA) is 116 Å². The predicted molar refractivity (Wildman–Crippen MR) is 101 cm³/mol. The Morgan fingerprint density at radius 1 is 1.11 bits per heavy atom. The van der Waals surface area contributed by atoms with E-state index in [-0.39, 0.29) is 30.3 Å². The number of nitrogens with zero attached hydrogens (tertiary/aromatic N) is 1. The second-order valence-electron chi connectivity index (χ2n) is 6.34. The number of nitrogens with one attached hydrogen (secondary N) is 2. The first-order chi connectivity index (χ1) is 13.4. The maximum absolute atomic E-state index is 12.6. The Bertz CT molecular complexity index is 941. The number of hydrogen-bond donors (Lipinski definition) is 3. The lowest BCUT2D eigenvalue weighted by atomic mass is 10.0. The Morgan fingerprint density at radius 2 is 1.89 bits per heavy atom. The van der Waals surface area contributed by atoms with E-state index in [2.05, 4.69) is 10.6 Å². The zero-order valence-electron chi connectivity index (χ0n) is 15.0. The van der Waals surface area contributed by atoms with Crippen LogP contribution in [-0.4, -0.2) is 53.3 Å². The van der Waals surface area contributed by atoms with Gasteiger partial charge in [0.25, 0.3) is 5.91 Å². The molecule has 8 nitrogen and oxygen atoms in total. The normalized spacial score (nSPS) is 13.6. The first-order valence-electron chi connectivity index (χ1n) is 8.71. The number of piperazine rings is 1. The minimum atomic E-state index is -1.10. The zero-order valence-corrected chi connectivity index (χ0v) is 15.0. The third-order valence-electron chi connectivity index (χ3n) is 4.32. The van der Waals surface area contributed by atoms with Gasteiger partial charge in [0.05, 0.1) is 18.5 Å². The van der Waals surface area contributed by atoms with Gasteiger partial charge < -0.3 is 20.6 Å². The van der Waals surface area contributed by atoms with E-state index in [9.17, 15) is 24.3 Å². The molecule has 2 aromatic rings. The standard InChI is InChI=1S/C20H19N3O5/c24-17(11-13-4-1-2-7-16(13)20(27)28)22-15-6-3-5-14(10-15)19(26)23-9-8-21-18(25)12-23/h1-7,10H,8-9,11-12H2,(H,21,25)(H,22,24)(H,27,28). The predicted octanol–water partition coefficient (Wildman–Crippen LogP) is 1.14. The molecule has 0 radical (unpaired) electrons. The minimum Gasteiger partial charge on any atom is -0.478 e. The maximum Gasteiger partial charge on any atom is 0.335 e. The fourth-order valence-electron chi connectivity index (χ4n) is 2.99. The van der Waals surface area contributed by atoms with Crippen molar-refractivity contribution in [2.75, 3.05) is 25.0 Å². The smallest absolute Gasteiger partial charge is 0.335 e. The van der Waals surface area contributed by atoms with E-state index in [1.807, 2.05) is 0 Å². The number of benzene rings is 2. The SMILES string of the molecule is O=C1CN(C(=O)c2cccc(NC(=O)Cc3ccccc3C(=O)O)c2)CCN1. The number of aromatic carboxylic acids is 1. The van der Waals surface area contributed by atoms with Crippen LogP contribution in [0, 0.1) is 0 Å². The van der Waals surface area contributed by atoms with Crippen LogP contribution in [0.2, 0.25) is 0 Å². The maximum atomic E-state index is 12.6. The van der Waals surface area contributed by atoms with Gasteiger partial charge >= 0.3 is 5.97 Å². The fourth-order valence-corrected chi connectivity index (χ4v) is 2.99. The third kappa shape index (κ3) is 4.53. The number of carboxylic acid groups (broad SMARTS) is 1. The average molecular weight is 381 g/mol. The van der Waals surface area contributed by atoms with E-state index in [0.717, 1.165) is 0 Å². The van der Waals surface area contributed by atoms with Gasteiger partial charge in [-0.15, -0.1) is 0 Å². The summed E-state index contributed by atoms with van der Waals surface area (Å²) in [7, 11) is 0. The number of anilines is 1. The van der Waals surface area contributed by atoms with Crippen molar-refractivity contribution in [3.63, 3.8) is 0 Å². The zero-order chi connectivity index (χ0) is 20.1. The molecule has 0 atom stereocenters. The molecule has 3 rings (SSSR count). The molecule has 8 heteroatoms. The second-order valence-corrected chi connectivity index (χ2v) is 6.34. The van der Waals surface area contributed by atoms with Crippen LogP contribution in [-0.2, 0) is 16.0 Å². The number of amides is 3. The van der Waals surface area contributed by atoms with E-state index >= 15 is 0 Å². The Balaban J connectivity index is 1.69. The van der Waals surface area contributed by atoms with E-state index in [4.69, 9.17) is 0 Å². The lowest BCUT2D eigenvalue weighted by molar-refractivity contribution is -0.123. The summed E-state index contributed by atoms with van der Waals surface area (Å²) in [5.74, 6) is -1.99. The largest absolute Gasteiger partial charge is 0.478 e. The van der Waals surface area contributed by atoms with Crippen molar-refractivity contribution in [1.82, 2.24) is 10.2 Å². The van der Waals surface area contributed by atoms with Gasteiger partial charge in [0, 0.05) is 24.3 Å². The van der Waals surface area contributed by atoms with Crippen LogP contribution in [0.4, 0.5) is 5.69 Å². The Morgan fingerprint density at radius 3 is 2.64 bits per heavy atom. The highest BCUT2D eigenvalue weighted by molar-refractivity contribution is 6.00. The highest BCUT2D eigenvalue weighted by atomic mass is 16.4. The number of carboxylic acids is 1. The van der Waals surface area contributed by atoms with Crippen molar-refractivity contribution in [3.8, 4) is 0 Å². The summed E-state index contributed by atoms with van der Waals surface area (Å²) < 4.78 is 0. The van der Waals surface area contributed by atoms with E-state index in [1.54, 1.807) is 36.4 Å². The van der Waals surface area contributed by atoms with Gasteiger partial charge in [0.15, 0.2) is 0 Å². The first kappa shape index (κ1) is 19.1. The highest BCUT2D eigenvalue weighted by Crippen LogP contribution is 2.15. The second kappa shape index (κ2) is 8.34. The molecule has 28 heavy (non-hydrogen) atoms. The molecule has 1 heterocycles. The summed E-state index contributed by atoms with van der Waals surface area (Å²) in [5.41, 5.74) is 1.26. The molecule has 0 unspecified atom stereocenters. The van der Waals surface area contributed by atoms with Gasteiger partial charge in [-0.05, 0) is 29.8 Å². The summed E-state index contributed by atoms with van der Waals surface area (Å²) in [5, 5.41) is 14.5. The van der Waals surface area contributed by atoms with Gasteiger partial charge in [-0.3, -0.25) is 14.4 Å². The summed E-state index contributed by atoms with van der Waals surface area (Å²) in [6, 6.07) is 12.7. The van der Waals surface area contributed by atoms with E-state index < -0.39 is 11.9 Å². The average Bonchev–Trinajstić information content (AvgIpc) is 2.67. The van der Waals surface area contributed by atoms with Gasteiger partial charge in [0.2, 0.25) is 11.8 Å². The molecular weight excluding hydrogens is 362 g/mol. The number of carbonyl (C=O) groups is 4. The van der Waals surface area contributed by atoms with Gasteiger partial charge in [-0.1, -0.05) is 24.3 Å². The third-order valence-corrected chi connectivity index (χ3v) is 4.32. The molecule has 3 amide bonds. The van der Waals surface area contributed by atoms with Crippen molar-refractivity contribution >= 4 is 29.4 Å². The van der Waals surface area contributed by atoms with Crippen molar-refractivity contribution in [2.24, 2.45) is 0 Å². The molecule has 1 aliphatic rings. The van der Waals surface area contributed by atoms with Gasteiger partial charge in [-0.2, -0.15) is 0 Å². The van der Waals surface area contributed by atoms with Crippen molar-refractivity contribution in [3.05, 3.63) is 65.2 Å². The Hall–Kier alpha value is -3.68. The molecule has 0 saturated carbocycles. The van der Waals surface area contributed by atoms with Gasteiger partial charge in [-0.25, -0.2) is 4.79 Å². The lowest BCUT2D eigenvalue weighted by Crippen LogP contribution is -2.49. The van der Waals surface area contributed by atoms with E-state index in [0.29, 0.717) is 29.9 Å². The molecule has 0 aromatic heterocycles. The molecule has 2 aromatic carbocycles. The molecule has 3 N–H and O–H groups in total. The van der Waals surface area contributed by atoms with Crippen molar-refractivity contribution in [1.29, 1.82) is 0 Å². The molecule has 144 valence electrons. The summed E-state index contributed by atoms with van der Waals surface area (Å²) in [4.78, 5) is 49.1. The van der Waals surface area contributed by atoms with Crippen LogP contribution in [0.5, 0.6) is 0 Å². The highest BCUT2D eigenvalue weighted by Gasteiger charge is 2.22. The van der Waals surface area contributed by atoms with Crippen LogP contribution in [0.3, 0.4) is 0 Å². The van der Waals surface area contributed by atoms with Crippen LogP contribution >= 0.6 is 0 Å². The molecular formula is C20H19N3O5. The number of carbonyl (C=O) groups excluding carboxylic acids is 3. The van der Waals surface area contributed by atoms with Gasteiger partial charge in [0.1, 0.15) is 0 Å². The number of rotatable bonds is 5. The first-order valence-corrected chi connectivity index (χ1v) is 8.71. The Labute approximate surface area is 161 Å². The van der Waals surface area contributed by atoms with Crippen LogP contribution in [0.1, 0.15) is 26.3 Å². The molecule has 0 spiro atoms. The Kier molecular flexibility index (Phi) is 5.69. The van der Waals surface area contributed by atoms with Crippen LogP contribution < -0.4 is 10.6 Å². The number of hydrogen-bond acceptors (Lipinski definition) is 4. The van der Waals surface area contributed by atoms with Crippen LogP contribution in [0.25, 0.3) is 0 Å². The molecule has 0 bridgehead atoms. The van der Waals surface area contributed by atoms with Crippen LogP contribution in [0.15, 0.2) is 48.5 Å². The quantitative estimate of drug-likeness (QED) is 0.718.